The molecule has 1 fully saturated rings. The molecule has 0 spiro atoms. The van der Waals surface area contributed by atoms with Crippen molar-refractivity contribution in [2.24, 2.45) is 0 Å². The lowest BCUT2D eigenvalue weighted by Crippen LogP contribution is -2.41. The highest BCUT2D eigenvalue weighted by Gasteiger charge is 2.33. The first-order valence-corrected chi connectivity index (χ1v) is 11.4. The quantitative estimate of drug-likeness (QED) is 0.571. The third-order valence-corrected chi connectivity index (χ3v) is 6.22. The lowest BCUT2D eigenvalue weighted by molar-refractivity contribution is 0.0212. The average molecular weight is 493 g/mol. The number of carbonyl (C=O) groups excluding carboxylic acids is 1. The molecule has 0 saturated carbocycles. The standard InChI is InChI=1S/C22H26Cl2N6O3/c1-22(2,3)33-21(32)29-9-5-6-14(29)12-30-18-17(11-25-30)26-20(27-19(18)31)28(4)13-7-8-15(23)16(24)10-13/h7-8,10-11,14H,5-6,9,12H2,1-4H3,(H,26,27,31). The van der Waals surface area contributed by atoms with Gasteiger partial charge in [0, 0.05) is 19.3 Å². The lowest BCUT2D eigenvalue weighted by atomic mass is 10.2. The van der Waals surface area contributed by atoms with Crippen LogP contribution in [-0.2, 0) is 11.3 Å². The zero-order chi connectivity index (χ0) is 23.9. The fourth-order valence-electron chi connectivity index (χ4n) is 3.89. The van der Waals surface area contributed by atoms with E-state index in [1.807, 2.05) is 20.8 Å². The molecule has 1 aliphatic rings. The summed E-state index contributed by atoms with van der Waals surface area (Å²) in [6.07, 6.45) is 2.89. The minimum Gasteiger partial charge on any atom is -0.444 e. The van der Waals surface area contributed by atoms with E-state index in [1.54, 1.807) is 45.9 Å². The monoisotopic (exact) mass is 492 g/mol. The van der Waals surface area contributed by atoms with Crippen LogP contribution in [-0.4, -0.2) is 56.0 Å². The number of hydrogen-bond acceptors (Lipinski definition) is 6. The van der Waals surface area contributed by atoms with Crippen LogP contribution in [0.4, 0.5) is 16.4 Å². The molecular weight excluding hydrogens is 467 g/mol. The molecule has 2 aromatic heterocycles. The largest absolute Gasteiger partial charge is 0.444 e. The highest BCUT2D eigenvalue weighted by atomic mass is 35.5. The van der Waals surface area contributed by atoms with Crippen LogP contribution in [0.25, 0.3) is 11.0 Å². The molecule has 0 radical (unpaired) electrons. The maximum Gasteiger partial charge on any atom is 0.410 e. The maximum atomic E-state index is 13.0. The summed E-state index contributed by atoms with van der Waals surface area (Å²) in [5.41, 5.74) is 0.653. The van der Waals surface area contributed by atoms with Gasteiger partial charge in [0.05, 0.1) is 28.8 Å². The summed E-state index contributed by atoms with van der Waals surface area (Å²) in [7, 11) is 1.77. The number of fused-ring (bicyclic) bond motifs is 1. The number of benzene rings is 1. The van der Waals surface area contributed by atoms with Crippen molar-refractivity contribution in [1.82, 2.24) is 24.6 Å². The van der Waals surface area contributed by atoms with E-state index in [-0.39, 0.29) is 17.7 Å². The molecule has 1 atom stereocenters. The first kappa shape index (κ1) is 23.4. The molecular formula is C22H26Cl2N6O3. The molecule has 0 aliphatic carbocycles. The van der Waals surface area contributed by atoms with Gasteiger partial charge in [-0.15, -0.1) is 0 Å². The first-order valence-electron chi connectivity index (χ1n) is 10.7. The smallest absolute Gasteiger partial charge is 0.410 e. The second-order valence-corrected chi connectivity index (χ2v) is 9.89. The topological polar surface area (TPSA) is 96.3 Å². The first-order chi connectivity index (χ1) is 15.5. The number of amides is 1. The van der Waals surface area contributed by atoms with E-state index >= 15 is 0 Å². The second-order valence-electron chi connectivity index (χ2n) is 9.08. The van der Waals surface area contributed by atoms with E-state index in [9.17, 15) is 9.59 Å². The van der Waals surface area contributed by atoms with Gasteiger partial charge in [-0.3, -0.25) is 14.5 Å². The van der Waals surface area contributed by atoms with E-state index in [0.717, 1.165) is 18.5 Å². The number of hydrogen-bond donors (Lipinski definition) is 1. The summed E-state index contributed by atoms with van der Waals surface area (Å²) in [6, 6.07) is 5.05. The van der Waals surface area contributed by atoms with Gasteiger partial charge in [-0.2, -0.15) is 5.10 Å². The molecule has 33 heavy (non-hydrogen) atoms. The average Bonchev–Trinajstić information content (AvgIpc) is 3.36. The number of aromatic nitrogens is 4. The zero-order valence-electron chi connectivity index (χ0n) is 18.9. The number of nitrogens with one attached hydrogen (secondary N) is 1. The van der Waals surface area contributed by atoms with E-state index in [2.05, 4.69) is 15.1 Å². The molecule has 9 nitrogen and oxygen atoms in total. The normalized spacial score (nSPS) is 16.4. The minimum atomic E-state index is -0.569. The van der Waals surface area contributed by atoms with Crippen molar-refractivity contribution in [3.8, 4) is 0 Å². The van der Waals surface area contributed by atoms with Crippen LogP contribution >= 0.6 is 23.2 Å². The van der Waals surface area contributed by atoms with Crippen LogP contribution in [0.3, 0.4) is 0 Å². The summed E-state index contributed by atoms with van der Waals surface area (Å²) in [4.78, 5) is 36.4. The number of halogens is 2. The summed E-state index contributed by atoms with van der Waals surface area (Å²) in [5, 5.41) is 5.23. The predicted octanol–water partition coefficient (Wildman–Crippen LogP) is 4.59. The van der Waals surface area contributed by atoms with Crippen molar-refractivity contribution in [1.29, 1.82) is 0 Å². The molecule has 1 amide bonds. The van der Waals surface area contributed by atoms with Gasteiger partial charge in [-0.1, -0.05) is 23.2 Å². The molecule has 1 aromatic carbocycles. The van der Waals surface area contributed by atoms with Crippen molar-refractivity contribution in [3.05, 3.63) is 44.8 Å². The van der Waals surface area contributed by atoms with Gasteiger partial charge in [0.2, 0.25) is 5.95 Å². The second kappa shape index (κ2) is 8.87. The van der Waals surface area contributed by atoms with E-state index in [0.29, 0.717) is 40.1 Å². The van der Waals surface area contributed by atoms with Gasteiger partial charge < -0.3 is 14.5 Å². The molecule has 3 aromatic rings. The van der Waals surface area contributed by atoms with E-state index in [4.69, 9.17) is 27.9 Å². The molecule has 176 valence electrons. The van der Waals surface area contributed by atoms with Crippen molar-refractivity contribution >= 4 is 52.0 Å². The lowest BCUT2D eigenvalue weighted by Gasteiger charge is -2.28. The van der Waals surface area contributed by atoms with Crippen molar-refractivity contribution in [2.75, 3.05) is 18.5 Å². The Morgan fingerprint density at radius 1 is 1.30 bits per heavy atom. The Kier molecular flexibility index (Phi) is 6.28. The summed E-state index contributed by atoms with van der Waals surface area (Å²) in [5.74, 6) is 0.349. The van der Waals surface area contributed by atoms with Crippen LogP contribution in [0, 0.1) is 0 Å². The van der Waals surface area contributed by atoms with Gasteiger partial charge in [0.1, 0.15) is 11.1 Å². The molecule has 4 rings (SSSR count). The van der Waals surface area contributed by atoms with Gasteiger partial charge >= 0.3 is 6.09 Å². The van der Waals surface area contributed by atoms with Gasteiger partial charge in [0.25, 0.3) is 5.56 Å². The SMILES string of the molecule is CN(c1ccc(Cl)c(Cl)c1)c1nc2cnn(CC3CCCN3C(=O)OC(C)(C)C)c2c(=O)[nH]1. The zero-order valence-corrected chi connectivity index (χ0v) is 20.4. The van der Waals surface area contributed by atoms with Crippen LogP contribution in [0.15, 0.2) is 29.2 Å². The fourth-order valence-corrected chi connectivity index (χ4v) is 4.19. The minimum absolute atomic E-state index is 0.110. The van der Waals surface area contributed by atoms with Gasteiger partial charge in [-0.25, -0.2) is 9.78 Å². The number of likely N-dealkylation sites (tertiary alicyclic amines) is 1. The maximum absolute atomic E-state index is 13.0. The fraction of sp³-hybridized carbons (Fsp3) is 0.455. The van der Waals surface area contributed by atoms with Crippen molar-refractivity contribution in [2.45, 2.75) is 51.8 Å². The Balaban J connectivity index is 1.59. The van der Waals surface area contributed by atoms with Gasteiger partial charge in [-0.05, 0) is 51.8 Å². The third-order valence-electron chi connectivity index (χ3n) is 5.48. The molecule has 1 aliphatic heterocycles. The summed E-state index contributed by atoms with van der Waals surface area (Å²) >= 11 is 12.1. The van der Waals surface area contributed by atoms with Gasteiger partial charge in [0.15, 0.2) is 5.52 Å². The number of H-pyrrole nitrogens is 1. The third kappa shape index (κ3) is 4.94. The van der Waals surface area contributed by atoms with Crippen LogP contribution < -0.4 is 10.5 Å². The highest BCUT2D eigenvalue weighted by molar-refractivity contribution is 6.42. The van der Waals surface area contributed by atoms with Crippen LogP contribution in [0.1, 0.15) is 33.6 Å². The van der Waals surface area contributed by atoms with E-state index < -0.39 is 5.60 Å². The summed E-state index contributed by atoms with van der Waals surface area (Å²) in [6.45, 7) is 6.53. The Hall–Kier alpha value is -2.78. The number of rotatable bonds is 4. The number of ether oxygens (including phenoxy) is 1. The molecule has 1 unspecified atom stereocenters. The molecule has 11 heteroatoms. The van der Waals surface area contributed by atoms with Crippen LogP contribution in [0.5, 0.6) is 0 Å². The highest BCUT2D eigenvalue weighted by Crippen LogP contribution is 2.29. The Bertz CT molecular complexity index is 1250. The molecule has 1 saturated heterocycles. The van der Waals surface area contributed by atoms with Crippen LogP contribution in [0.2, 0.25) is 10.0 Å². The summed E-state index contributed by atoms with van der Waals surface area (Å²) < 4.78 is 7.14. The molecule has 0 bridgehead atoms. The number of nitrogens with zero attached hydrogens (tertiary/aromatic N) is 5. The van der Waals surface area contributed by atoms with Crippen molar-refractivity contribution in [3.63, 3.8) is 0 Å². The molecule has 1 N–H and O–H groups in total. The molecule has 3 heterocycles. The number of carbonyl (C=O) groups is 1. The Morgan fingerprint density at radius 2 is 2.06 bits per heavy atom. The Labute approximate surface area is 201 Å². The Morgan fingerprint density at radius 3 is 2.76 bits per heavy atom. The number of aromatic amines is 1. The van der Waals surface area contributed by atoms with E-state index in [1.165, 1.54) is 0 Å². The van der Waals surface area contributed by atoms with Crippen molar-refractivity contribution < 1.29 is 9.53 Å². The predicted molar refractivity (Wildman–Crippen MR) is 129 cm³/mol. The number of anilines is 2.